The van der Waals surface area contributed by atoms with E-state index in [0.717, 1.165) is 37.7 Å². The molecule has 2 aromatic carbocycles. The Balaban J connectivity index is 1.78. The average Bonchev–Trinajstić information content (AvgIpc) is 2.81. The standard InChI is InChI=1S/C25H28FN3O2/c1-2-16-29-24(30)22-11-7-6-10-21(22)23(27-29)25(31)28(20-8-4-3-5-9-20)17-18-12-14-19(26)15-13-18/h6-7,10-15,20H,2-5,8-9,16-17H2,1H3. The van der Waals surface area contributed by atoms with Gasteiger partial charge >= 0.3 is 0 Å². The van der Waals surface area contributed by atoms with Gasteiger partial charge in [0.1, 0.15) is 5.82 Å². The number of carbonyl (C=O) groups is 1. The molecule has 1 aliphatic rings. The number of benzene rings is 2. The molecule has 0 saturated heterocycles. The Bertz CT molecular complexity index is 1120. The van der Waals surface area contributed by atoms with Crippen LogP contribution in [0.4, 0.5) is 4.39 Å². The Labute approximate surface area is 181 Å². The van der Waals surface area contributed by atoms with Crippen LogP contribution < -0.4 is 5.56 Å². The molecule has 1 aliphatic carbocycles. The van der Waals surface area contributed by atoms with Gasteiger partial charge in [0.05, 0.1) is 5.39 Å². The molecule has 1 saturated carbocycles. The lowest BCUT2D eigenvalue weighted by Gasteiger charge is -2.34. The second-order valence-electron chi connectivity index (χ2n) is 8.27. The number of amides is 1. The van der Waals surface area contributed by atoms with E-state index in [-0.39, 0.29) is 23.3 Å². The number of hydrogen-bond acceptors (Lipinski definition) is 3. The summed E-state index contributed by atoms with van der Waals surface area (Å²) in [7, 11) is 0. The number of rotatable bonds is 6. The maximum Gasteiger partial charge on any atom is 0.275 e. The summed E-state index contributed by atoms with van der Waals surface area (Å²) in [5, 5.41) is 5.62. The monoisotopic (exact) mass is 421 g/mol. The molecule has 1 amide bonds. The summed E-state index contributed by atoms with van der Waals surface area (Å²) in [4.78, 5) is 28.6. The predicted molar refractivity (Wildman–Crippen MR) is 119 cm³/mol. The second-order valence-corrected chi connectivity index (χ2v) is 8.27. The molecule has 0 radical (unpaired) electrons. The first-order valence-electron chi connectivity index (χ1n) is 11.1. The fourth-order valence-electron chi connectivity index (χ4n) is 4.44. The van der Waals surface area contributed by atoms with E-state index in [9.17, 15) is 14.0 Å². The zero-order valence-electron chi connectivity index (χ0n) is 17.9. The third-order valence-corrected chi connectivity index (χ3v) is 6.05. The van der Waals surface area contributed by atoms with E-state index in [1.165, 1.54) is 23.2 Å². The van der Waals surface area contributed by atoms with Gasteiger partial charge in [0.15, 0.2) is 5.69 Å². The fourth-order valence-corrected chi connectivity index (χ4v) is 4.44. The van der Waals surface area contributed by atoms with E-state index >= 15 is 0 Å². The molecular weight excluding hydrogens is 393 g/mol. The van der Waals surface area contributed by atoms with Crippen molar-refractivity contribution in [2.24, 2.45) is 0 Å². The van der Waals surface area contributed by atoms with Crippen molar-refractivity contribution in [2.45, 2.75) is 64.6 Å². The minimum Gasteiger partial charge on any atom is -0.330 e. The minimum absolute atomic E-state index is 0.110. The SMILES string of the molecule is CCCn1nc(C(=O)N(Cc2ccc(F)cc2)C2CCCCC2)c2ccccc2c1=O. The summed E-state index contributed by atoms with van der Waals surface area (Å²) in [5.41, 5.74) is 1.03. The quantitative estimate of drug-likeness (QED) is 0.568. The number of aromatic nitrogens is 2. The van der Waals surface area contributed by atoms with Crippen LogP contribution in [0.25, 0.3) is 10.8 Å². The van der Waals surface area contributed by atoms with Crippen LogP contribution >= 0.6 is 0 Å². The highest BCUT2D eigenvalue weighted by molar-refractivity contribution is 6.04. The van der Waals surface area contributed by atoms with E-state index in [2.05, 4.69) is 5.10 Å². The molecule has 3 aromatic rings. The van der Waals surface area contributed by atoms with Gasteiger partial charge in [-0.15, -0.1) is 0 Å². The molecule has 4 rings (SSSR count). The van der Waals surface area contributed by atoms with Gasteiger partial charge in [-0.2, -0.15) is 5.10 Å². The molecule has 1 heterocycles. The average molecular weight is 422 g/mol. The number of hydrogen-bond donors (Lipinski definition) is 0. The summed E-state index contributed by atoms with van der Waals surface area (Å²) in [5.74, 6) is -0.462. The summed E-state index contributed by atoms with van der Waals surface area (Å²) < 4.78 is 14.8. The zero-order valence-corrected chi connectivity index (χ0v) is 17.9. The first-order chi connectivity index (χ1) is 15.1. The fraction of sp³-hybridized carbons (Fsp3) is 0.400. The first kappa shape index (κ1) is 21.2. The van der Waals surface area contributed by atoms with Gasteiger partial charge in [-0.25, -0.2) is 9.07 Å². The first-order valence-corrected chi connectivity index (χ1v) is 11.1. The molecule has 5 nitrogen and oxygen atoms in total. The molecule has 0 aliphatic heterocycles. The Morgan fingerprint density at radius 1 is 1.06 bits per heavy atom. The van der Waals surface area contributed by atoms with Gasteiger partial charge in [0, 0.05) is 24.5 Å². The molecular formula is C25H28FN3O2. The van der Waals surface area contributed by atoms with E-state index in [1.54, 1.807) is 24.3 Å². The molecule has 0 spiro atoms. The molecule has 0 atom stereocenters. The lowest BCUT2D eigenvalue weighted by Crippen LogP contribution is -2.42. The molecule has 0 bridgehead atoms. The third-order valence-electron chi connectivity index (χ3n) is 6.05. The number of carbonyl (C=O) groups excluding carboxylic acids is 1. The van der Waals surface area contributed by atoms with E-state index in [0.29, 0.717) is 29.6 Å². The number of aryl methyl sites for hydroxylation is 1. The Morgan fingerprint density at radius 2 is 1.74 bits per heavy atom. The highest BCUT2D eigenvalue weighted by Gasteiger charge is 2.29. The number of halogens is 1. The van der Waals surface area contributed by atoms with Crippen LogP contribution in [0, 0.1) is 5.82 Å². The van der Waals surface area contributed by atoms with Gasteiger partial charge in [-0.05, 0) is 43.0 Å². The smallest absolute Gasteiger partial charge is 0.275 e. The topological polar surface area (TPSA) is 55.2 Å². The summed E-state index contributed by atoms with van der Waals surface area (Å²) in [6.07, 6.45) is 5.99. The van der Waals surface area contributed by atoms with Crippen molar-refractivity contribution < 1.29 is 9.18 Å². The van der Waals surface area contributed by atoms with Crippen LogP contribution in [0.15, 0.2) is 53.3 Å². The molecule has 0 N–H and O–H groups in total. The van der Waals surface area contributed by atoms with Crippen LogP contribution in [0.3, 0.4) is 0 Å². The van der Waals surface area contributed by atoms with Crippen molar-refractivity contribution >= 4 is 16.7 Å². The van der Waals surface area contributed by atoms with Gasteiger partial charge in [-0.1, -0.05) is 56.5 Å². The molecule has 31 heavy (non-hydrogen) atoms. The zero-order chi connectivity index (χ0) is 21.8. The summed E-state index contributed by atoms with van der Waals surface area (Å²) >= 11 is 0. The number of nitrogens with zero attached hydrogens (tertiary/aromatic N) is 3. The van der Waals surface area contributed by atoms with Gasteiger partial charge < -0.3 is 4.90 Å². The van der Waals surface area contributed by atoms with Crippen molar-refractivity contribution in [2.75, 3.05) is 0 Å². The van der Waals surface area contributed by atoms with Crippen LogP contribution in [0.5, 0.6) is 0 Å². The van der Waals surface area contributed by atoms with Crippen molar-refractivity contribution in [1.82, 2.24) is 14.7 Å². The summed E-state index contributed by atoms with van der Waals surface area (Å²) in [6, 6.07) is 13.6. The Hall–Kier alpha value is -3.02. The Kier molecular flexibility index (Phi) is 6.44. The van der Waals surface area contributed by atoms with Crippen LogP contribution in [0.2, 0.25) is 0 Å². The lowest BCUT2D eigenvalue weighted by molar-refractivity contribution is 0.0607. The maximum absolute atomic E-state index is 13.9. The minimum atomic E-state index is -0.293. The van der Waals surface area contributed by atoms with E-state index in [1.807, 2.05) is 24.0 Å². The van der Waals surface area contributed by atoms with Gasteiger partial charge in [-0.3, -0.25) is 9.59 Å². The van der Waals surface area contributed by atoms with Crippen molar-refractivity contribution in [1.29, 1.82) is 0 Å². The molecule has 0 unspecified atom stereocenters. The summed E-state index contributed by atoms with van der Waals surface area (Å²) in [6.45, 7) is 2.84. The Morgan fingerprint density at radius 3 is 2.42 bits per heavy atom. The van der Waals surface area contributed by atoms with Crippen molar-refractivity contribution in [3.63, 3.8) is 0 Å². The molecule has 1 aromatic heterocycles. The second kappa shape index (κ2) is 9.41. The van der Waals surface area contributed by atoms with E-state index < -0.39 is 0 Å². The number of fused-ring (bicyclic) bond motifs is 1. The van der Waals surface area contributed by atoms with Crippen molar-refractivity contribution in [3.8, 4) is 0 Å². The highest BCUT2D eigenvalue weighted by atomic mass is 19.1. The highest BCUT2D eigenvalue weighted by Crippen LogP contribution is 2.27. The van der Waals surface area contributed by atoms with Crippen molar-refractivity contribution in [3.05, 3.63) is 76.0 Å². The third kappa shape index (κ3) is 4.53. The predicted octanol–water partition coefficient (Wildman–Crippen LogP) is 4.92. The lowest BCUT2D eigenvalue weighted by atomic mass is 9.93. The van der Waals surface area contributed by atoms with Crippen LogP contribution in [-0.2, 0) is 13.1 Å². The van der Waals surface area contributed by atoms with Crippen LogP contribution in [-0.4, -0.2) is 26.6 Å². The van der Waals surface area contributed by atoms with Gasteiger partial charge in [0.25, 0.3) is 11.5 Å². The van der Waals surface area contributed by atoms with E-state index in [4.69, 9.17) is 0 Å². The largest absolute Gasteiger partial charge is 0.330 e. The van der Waals surface area contributed by atoms with Gasteiger partial charge in [0.2, 0.25) is 0 Å². The molecule has 162 valence electrons. The maximum atomic E-state index is 13.9. The molecule has 6 heteroatoms. The van der Waals surface area contributed by atoms with Crippen LogP contribution in [0.1, 0.15) is 61.5 Å². The normalized spacial score (nSPS) is 14.6. The molecule has 1 fully saturated rings.